The van der Waals surface area contributed by atoms with Gasteiger partial charge in [0.1, 0.15) is 12.4 Å². The molecule has 0 unspecified atom stereocenters. The first-order chi connectivity index (χ1) is 19.0. The van der Waals surface area contributed by atoms with Gasteiger partial charge in [-0.2, -0.15) is 0 Å². The van der Waals surface area contributed by atoms with Gasteiger partial charge in [-0.25, -0.2) is 4.99 Å². The molecule has 200 valence electrons. The van der Waals surface area contributed by atoms with E-state index in [1.807, 2.05) is 73.7 Å². The van der Waals surface area contributed by atoms with E-state index in [0.29, 0.717) is 60.8 Å². The molecule has 2 amide bonds. The lowest BCUT2D eigenvalue weighted by Gasteiger charge is -2.26. The number of rotatable bonds is 7. The van der Waals surface area contributed by atoms with Crippen molar-refractivity contribution in [3.05, 3.63) is 98.9 Å². The molecule has 0 N–H and O–H groups in total. The van der Waals surface area contributed by atoms with Gasteiger partial charge in [0.25, 0.3) is 11.8 Å². The highest BCUT2D eigenvalue weighted by Crippen LogP contribution is 2.35. The average molecular weight is 607 g/mol. The van der Waals surface area contributed by atoms with E-state index in [2.05, 4.69) is 15.9 Å². The summed E-state index contributed by atoms with van der Waals surface area (Å²) in [4.78, 5) is 34.9. The van der Waals surface area contributed by atoms with Gasteiger partial charge >= 0.3 is 0 Å². The largest absolute Gasteiger partial charge is 0.488 e. The molecule has 0 atom stereocenters. The number of carbonyl (C=O) groups is 2. The Kier molecular flexibility index (Phi) is 8.81. The molecule has 2 aliphatic rings. The zero-order valence-corrected chi connectivity index (χ0v) is 23.9. The van der Waals surface area contributed by atoms with Gasteiger partial charge in [0.2, 0.25) is 0 Å². The topological polar surface area (TPSA) is 71.4 Å². The number of aliphatic imine (C=N–C) groups is 1. The molecular formula is C30H28BrN3O4S. The normalized spacial score (nSPS) is 17.7. The fourth-order valence-electron chi connectivity index (χ4n) is 4.25. The van der Waals surface area contributed by atoms with Crippen molar-refractivity contribution >= 4 is 56.4 Å². The Bertz CT molecular complexity index is 1420. The van der Waals surface area contributed by atoms with E-state index in [0.717, 1.165) is 21.3 Å². The van der Waals surface area contributed by atoms with Crippen molar-refractivity contribution < 1.29 is 19.1 Å². The Morgan fingerprint density at radius 2 is 1.87 bits per heavy atom. The van der Waals surface area contributed by atoms with Crippen LogP contribution < -0.4 is 4.74 Å². The predicted octanol–water partition coefficient (Wildman–Crippen LogP) is 6.12. The number of halogens is 1. The number of amidine groups is 1. The van der Waals surface area contributed by atoms with Crippen LogP contribution in [0.4, 0.5) is 5.69 Å². The van der Waals surface area contributed by atoms with Crippen LogP contribution in [-0.2, 0) is 16.1 Å². The van der Waals surface area contributed by atoms with Gasteiger partial charge in [0.05, 0.1) is 28.3 Å². The minimum Gasteiger partial charge on any atom is -0.488 e. The van der Waals surface area contributed by atoms with Crippen LogP contribution in [0.5, 0.6) is 5.75 Å². The van der Waals surface area contributed by atoms with E-state index in [1.165, 1.54) is 11.8 Å². The lowest BCUT2D eigenvalue weighted by Crippen LogP contribution is -2.40. The minimum atomic E-state index is -0.0951. The van der Waals surface area contributed by atoms with Crippen molar-refractivity contribution in [2.75, 3.05) is 32.8 Å². The number of likely N-dealkylation sites (N-methyl/N-ethyl adjacent to an activating group) is 1. The lowest BCUT2D eigenvalue weighted by molar-refractivity contribution is -0.122. The average Bonchev–Trinajstić information content (AvgIpc) is 3.26. The molecule has 0 spiro atoms. The quantitative estimate of drug-likeness (QED) is 0.303. The summed E-state index contributed by atoms with van der Waals surface area (Å²) < 4.78 is 12.1. The zero-order valence-electron chi connectivity index (χ0n) is 21.5. The molecule has 39 heavy (non-hydrogen) atoms. The van der Waals surface area contributed by atoms with Crippen molar-refractivity contribution in [2.24, 2.45) is 4.99 Å². The summed E-state index contributed by atoms with van der Waals surface area (Å²) in [5.74, 6) is 0.600. The molecule has 3 aromatic rings. The van der Waals surface area contributed by atoms with Crippen molar-refractivity contribution in [1.29, 1.82) is 0 Å². The number of hydrogen-bond donors (Lipinski definition) is 0. The van der Waals surface area contributed by atoms with Crippen molar-refractivity contribution in [3.8, 4) is 5.75 Å². The third-order valence-electron chi connectivity index (χ3n) is 6.31. The summed E-state index contributed by atoms with van der Waals surface area (Å²) in [6.07, 6.45) is 1.86. The van der Waals surface area contributed by atoms with Gasteiger partial charge < -0.3 is 14.4 Å². The first kappa shape index (κ1) is 27.2. The molecule has 7 nitrogen and oxygen atoms in total. The fourth-order valence-corrected chi connectivity index (χ4v) is 5.82. The molecule has 0 aliphatic carbocycles. The molecule has 2 heterocycles. The maximum atomic E-state index is 13.2. The van der Waals surface area contributed by atoms with Crippen LogP contribution in [0.1, 0.15) is 28.4 Å². The Morgan fingerprint density at radius 1 is 1.08 bits per heavy atom. The van der Waals surface area contributed by atoms with E-state index >= 15 is 0 Å². The van der Waals surface area contributed by atoms with Gasteiger partial charge in [0.15, 0.2) is 5.17 Å². The Labute approximate surface area is 240 Å². The Hall–Kier alpha value is -3.40. The van der Waals surface area contributed by atoms with Crippen LogP contribution in [0, 0.1) is 0 Å². The van der Waals surface area contributed by atoms with Gasteiger partial charge in [-0.1, -0.05) is 42.5 Å². The summed E-state index contributed by atoms with van der Waals surface area (Å²) >= 11 is 4.93. The molecule has 0 radical (unpaired) electrons. The molecule has 9 heteroatoms. The summed E-state index contributed by atoms with van der Waals surface area (Å²) in [6, 6.07) is 23.0. The molecule has 0 aromatic heterocycles. The second kappa shape index (κ2) is 12.6. The summed E-state index contributed by atoms with van der Waals surface area (Å²) in [7, 11) is 0. The predicted molar refractivity (Wildman–Crippen MR) is 158 cm³/mol. The van der Waals surface area contributed by atoms with Crippen LogP contribution in [0.2, 0.25) is 0 Å². The summed E-state index contributed by atoms with van der Waals surface area (Å²) in [5, 5.41) is 0.589. The second-order valence-corrected chi connectivity index (χ2v) is 10.8. The zero-order chi connectivity index (χ0) is 27.2. The highest BCUT2D eigenvalue weighted by Gasteiger charge is 2.32. The van der Waals surface area contributed by atoms with E-state index in [-0.39, 0.29) is 11.8 Å². The van der Waals surface area contributed by atoms with E-state index < -0.39 is 0 Å². The number of hydrogen-bond acceptors (Lipinski definition) is 6. The molecule has 0 saturated carbocycles. The lowest BCUT2D eigenvalue weighted by atomic mass is 10.1. The van der Waals surface area contributed by atoms with Crippen molar-refractivity contribution in [1.82, 2.24) is 9.80 Å². The first-order valence-electron chi connectivity index (χ1n) is 12.8. The maximum Gasteiger partial charge on any atom is 0.266 e. The molecule has 2 fully saturated rings. The number of carbonyl (C=O) groups excluding carboxylic acids is 2. The van der Waals surface area contributed by atoms with Crippen molar-refractivity contribution in [2.45, 2.75) is 13.5 Å². The number of morpholine rings is 1. The first-order valence-corrected chi connectivity index (χ1v) is 14.4. The van der Waals surface area contributed by atoms with E-state index in [4.69, 9.17) is 14.5 Å². The number of amides is 2. The van der Waals surface area contributed by atoms with E-state index in [9.17, 15) is 9.59 Å². The van der Waals surface area contributed by atoms with Gasteiger partial charge in [0, 0.05) is 25.2 Å². The van der Waals surface area contributed by atoms with Crippen LogP contribution in [-0.4, -0.2) is 59.6 Å². The Balaban J connectivity index is 1.32. The highest BCUT2D eigenvalue weighted by molar-refractivity contribution is 9.10. The molecule has 2 aliphatic heterocycles. The number of benzene rings is 3. The molecule has 2 saturated heterocycles. The molecule has 5 rings (SSSR count). The third-order valence-corrected chi connectivity index (χ3v) is 7.94. The fraction of sp³-hybridized carbons (Fsp3) is 0.233. The monoisotopic (exact) mass is 605 g/mol. The van der Waals surface area contributed by atoms with Gasteiger partial charge in [-0.15, -0.1) is 0 Å². The molecule has 0 bridgehead atoms. The van der Waals surface area contributed by atoms with Crippen molar-refractivity contribution in [3.63, 3.8) is 0 Å². The van der Waals surface area contributed by atoms with Crippen LogP contribution >= 0.6 is 27.7 Å². The number of thioether (sulfide) groups is 1. The number of ether oxygens (including phenoxy) is 2. The van der Waals surface area contributed by atoms with E-state index in [1.54, 1.807) is 21.9 Å². The summed E-state index contributed by atoms with van der Waals surface area (Å²) in [5.41, 5.74) is 3.17. The van der Waals surface area contributed by atoms with Gasteiger partial charge in [-0.3, -0.25) is 14.5 Å². The van der Waals surface area contributed by atoms with Crippen LogP contribution in [0.3, 0.4) is 0 Å². The summed E-state index contributed by atoms with van der Waals surface area (Å²) in [6.45, 7) is 5.14. The smallest absolute Gasteiger partial charge is 0.266 e. The van der Waals surface area contributed by atoms with Crippen LogP contribution in [0.25, 0.3) is 6.08 Å². The minimum absolute atomic E-state index is 0.0368. The maximum absolute atomic E-state index is 13.2. The second-order valence-electron chi connectivity index (χ2n) is 8.97. The standard InChI is InChI=1S/C30H28BrN3O4S/c1-2-34-29(36)27(18-22-11-12-26(25(31)17-22)38-20-21-7-4-3-5-8-21)39-30(34)32-24-10-6-9-23(19-24)28(35)33-13-15-37-16-14-33/h3-12,17-19H,2,13-16,20H2,1H3/b27-18+,32-30?. The molecule has 3 aromatic carbocycles. The highest BCUT2D eigenvalue weighted by atomic mass is 79.9. The van der Waals surface area contributed by atoms with Crippen LogP contribution in [0.15, 0.2) is 87.2 Å². The molecular weight excluding hydrogens is 578 g/mol. The Morgan fingerprint density at radius 3 is 2.62 bits per heavy atom. The van der Waals surface area contributed by atoms with Gasteiger partial charge in [-0.05, 0) is 82.2 Å². The SMILES string of the molecule is CCN1C(=O)/C(=C\c2ccc(OCc3ccccc3)c(Br)c2)SC1=Nc1cccc(C(=O)N2CCOCC2)c1. The number of nitrogens with zero attached hydrogens (tertiary/aromatic N) is 3. The third kappa shape index (κ3) is 6.61.